The molecule has 0 saturated carbocycles. The summed E-state index contributed by atoms with van der Waals surface area (Å²) < 4.78 is 6.40. The number of hydrogen-bond acceptors (Lipinski definition) is 1. The van der Waals surface area contributed by atoms with Gasteiger partial charge in [-0.15, -0.1) is 0 Å². The molecule has 1 aromatic rings. The van der Waals surface area contributed by atoms with Crippen LogP contribution in [0.1, 0.15) is 26.3 Å². The van der Waals surface area contributed by atoms with Crippen molar-refractivity contribution in [2.75, 3.05) is 0 Å². The number of rotatable bonds is 4. The second kappa shape index (κ2) is 6.61. The van der Waals surface area contributed by atoms with Gasteiger partial charge in [0.25, 0.3) is 0 Å². The van der Waals surface area contributed by atoms with Crippen LogP contribution in [0.4, 0.5) is 0 Å². The molecule has 3 heteroatoms. The molecule has 0 unspecified atom stereocenters. The molecule has 0 N–H and O–H groups in total. The first-order valence-electron chi connectivity index (χ1n) is 8.07. The molecule has 1 nitrogen and oxygen atoms in total. The van der Waals surface area contributed by atoms with E-state index in [0.717, 1.165) is 5.76 Å². The number of benzene rings is 1. The summed E-state index contributed by atoms with van der Waals surface area (Å²) in [5.74, 6) is 1.01. The van der Waals surface area contributed by atoms with Crippen molar-refractivity contribution < 1.29 is 4.43 Å². The lowest BCUT2D eigenvalue weighted by atomic mass is 9.94. The minimum atomic E-state index is -1.65. The van der Waals surface area contributed by atoms with Crippen LogP contribution in [0.15, 0.2) is 41.8 Å². The van der Waals surface area contributed by atoms with Crippen LogP contribution in [-0.4, -0.2) is 16.4 Å². The van der Waals surface area contributed by atoms with Crippen LogP contribution in [0.3, 0.4) is 0 Å². The first-order valence-corrected chi connectivity index (χ1v) is 15.0. The largest absolute Gasteiger partial charge is 0.541 e. The van der Waals surface area contributed by atoms with E-state index in [1.54, 1.807) is 0 Å². The molecule has 0 radical (unpaired) electrons. The van der Waals surface area contributed by atoms with Crippen molar-refractivity contribution in [3.05, 3.63) is 47.4 Å². The SMILES string of the molecule is CC(C)(C)C(=C=C(c1ccccc1)[Si](C)(C)C)O[Si](C)(C)C. The van der Waals surface area contributed by atoms with Gasteiger partial charge in [0.05, 0.1) is 8.07 Å². The third-order valence-corrected chi connectivity index (χ3v) is 5.87. The Bertz CT molecular complexity index is 560. The van der Waals surface area contributed by atoms with E-state index in [-0.39, 0.29) is 5.41 Å². The Morgan fingerprint density at radius 2 is 1.41 bits per heavy atom. The summed E-state index contributed by atoms with van der Waals surface area (Å²) in [6.45, 7) is 20.4. The van der Waals surface area contributed by atoms with E-state index >= 15 is 0 Å². The molecule has 0 aliphatic heterocycles. The van der Waals surface area contributed by atoms with Gasteiger partial charge in [0.1, 0.15) is 5.76 Å². The van der Waals surface area contributed by atoms with Gasteiger partial charge in [0, 0.05) is 5.41 Å². The summed E-state index contributed by atoms with van der Waals surface area (Å²) in [5.41, 5.74) is 4.97. The molecule has 1 rings (SSSR count). The van der Waals surface area contributed by atoms with Crippen LogP contribution in [0.25, 0.3) is 5.20 Å². The minimum Gasteiger partial charge on any atom is -0.541 e. The highest BCUT2D eigenvalue weighted by Gasteiger charge is 2.28. The fourth-order valence-corrected chi connectivity index (χ4v) is 4.57. The van der Waals surface area contributed by atoms with E-state index in [1.807, 2.05) is 0 Å². The van der Waals surface area contributed by atoms with Gasteiger partial charge in [-0.25, -0.2) is 0 Å². The van der Waals surface area contributed by atoms with Crippen LogP contribution in [-0.2, 0) is 4.43 Å². The average molecular weight is 333 g/mol. The van der Waals surface area contributed by atoms with Crippen LogP contribution in [0, 0.1) is 5.41 Å². The van der Waals surface area contributed by atoms with E-state index in [0.29, 0.717) is 0 Å². The third-order valence-electron chi connectivity index (χ3n) is 3.14. The van der Waals surface area contributed by atoms with Crippen LogP contribution in [0.5, 0.6) is 0 Å². The molecule has 0 aliphatic rings. The molecule has 0 saturated heterocycles. The van der Waals surface area contributed by atoms with Crippen molar-refractivity contribution >= 4 is 21.6 Å². The second-order valence-corrected chi connectivity index (χ2v) is 18.3. The summed E-state index contributed by atoms with van der Waals surface area (Å²) in [4.78, 5) is 0. The van der Waals surface area contributed by atoms with Gasteiger partial charge in [0.15, 0.2) is 0 Å². The average Bonchev–Trinajstić information content (AvgIpc) is 2.31. The Kier molecular flexibility index (Phi) is 5.72. The highest BCUT2D eigenvalue weighted by molar-refractivity contribution is 6.93. The smallest absolute Gasteiger partial charge is 0.242 e. The van der Waals surface area contributed by atoms with Gasteiger partial charge in [-0.05, 0) is 30.4 Å². The zero-order valence-electron chi connectivity index (χ0n) is 15.8. The van der Waals surface area contributed by atoms with Crippen molar-refractivity contribution in [3.63, 3.8) is 0 Å². The van der Waals surface area contributed by atoms with Crippen molar-refractivity contribution in [3.8, 4) is 0 Å². The lowest BCUT2D eigenvalue weighted by molar-refractivity contribution is 0.291. The zero-order chi connectivity index (χ0) is 17.2. The van der Waals surface area contributed by atoms with Gasteiger partial charge < -0.3 is 4.43 Å². The maximum Gasteiger partial charge on any atom is 0.242 e. The molecule has 0 spiro atoms. The molecule has 0 heterocycles. The molecule has 122 valence electrons. The molecule has 0 amide bonds. The van der Waals surface area contributed by atoms with Gasteiger partial charge in [-0.1, -0.05) is 76.5 Å². The van der Waals surface area contributed by atoms with E-state index in [9.17, 15) is 0 Å². The minimum absolute atomic E-state index is 0.0278. The van der Waals surface area contributed by atoms with E-state index in [2.05, 4.69) is 96.1 Å². The predicted octanol–water partition coefficient (Wildman–Crippen LogP) is 6.33. The van der Waals surface area contributed by atoms with Crippen LogP contribution < -0.4 is 0 Å². The zero-order valence-corrected chi connectivity index (χ0v) is 17.8. The van der Waals surface area contributed by atoms with Crippen molar-refractivity contribution in [2.45, 2.75) is 60.1 Å². The molecule has 0 bridgehead atoms. The number of allylic oxidation sites excluding steroid dienone is 1. The molecule has 0 atom stereocenters. The predicted molar refractivity (Wildman–Crippen MR) is 104 cm³/mol. The van der Waals surface area contributed by atoms with Crippen molar-refractivity contribution in [2.24, 2.45) is 5.41 Å². The van der Waals surface area contributed by atoms with Gasteiger partial charge in [-0.3, -0.25) is 0 Å². The summed E-state index contributed by atoms with van der Waals surface area (Å²) >= 11 is 0. The fourth-order valence-electron chi connectivity index (χ4n) is 2.08. The molecule has 1 aromatic carbocycles. The lowest BCUT2D eigenvalue weighted by Crippen LogP contribution is -2.29. The van der Waals surface area contributed by atoms with E-state index in [4.69, 9.17) is 4.43 Å². The number of hydrogen-bond donors (Lipinski definition) is 0. The second-order valence-electron chi connectivity index (χ2n) is 8.91. The fraction of sp³-hybridized carbons (Fsp3) is 0.526. The maximum atomic E-state index is 6.40. The molecule has 0 aliphatic carbocycles. The Balaban J connectivity index is 3.62. The van der Waals surface area contributed by atoms with E-state index < -0.39 is 16.4 Å². The molecule has 0 aromatic heterocycles. The highest BCUT2D eigenvalue weighted by Crippen LogP contribution is 2.32. The summed E-state index contributed by atoms with van der Waals surface area (Å²) in [6, 6.07) is 10.7. The monoisotopic (exact) mass is 332 g/mol. The van der Waals surface area contributed by atoms with Gasteiger partial charge in [0.2, 0.25) is 8.32 Å². The molecule has 0 fully saturated rings. The van der Waals surface area contributed by atoms with Crippen molar-refractivity contribution in [1.29, 1.82) is 0 Å². The molecular formula is C19H32OSi2. The Hall–Kier alpha value is -1.03. The Morgan fingerprint density at radius 1 is 0.909 bits per heavy atom. The maximum absolute atomic E-state index is 6.40. The molecular weight excluding hydrogens is 300 g/mol. The van der Waals surface area contributed by atoms with Crippen molar-refractivity contribution in [1.82, 2.24) is 0 Å². The quantitative estimate of drug-likeness (QED) is 0.356. The third kappa shape index (κ3) is 6.00. The highest BCUT2D eigenvalue weighted by atomic mass is 28.4. The topological polar surface area (TPSA) is 9.23 Å². The summed E-state index contributed by atoms with van der Waals surface area (Å²) in [7, 11) is -3.18. The Labute approximate surface area is 139 Å². The summed E-state index contributed by atoms with van der Waals surface area (Å²) in [5, 5.41) is 1.34. The molecule has 22 heavy (non-hydrogen) atoms. The van der Waals surface area contributed by atoms with Gasteiger partial charge in [-0.2, -0.15) is 0 Å². The lowest BCUT2D eigenvalue weighted by Gasteiger charge is -2.30. The van der Waals surface area contributed by atoms with E-state index in [1.165, 1.54) is 10.8 Å². The first kappa shape index (κ1) is 19.0. The Morgan fingerprint density at radius 3 is 1.77 bits per heavy atom. The van der Waals surface area contributed by atoms with Gasteiger partial charge >= 0.3 is 0 Å². The van der Waals surface area contributed by atoms with Crippen LogP contribution >= 0.6 is 0 Å². The summed E-state index contributed by atoms with van der Waals surface area (Å²) in [6.07, 6.45) is 0. The standard InChI is InChI=1S/C19H32OSi2/c1-19(2,3)18(20-22(7,8)9)15-17(21(4,5)6)16-13-11-10-12-14-16/h10-14H,1-9H3. The van der Waals surface area contributed by atoms with Crippen LogP contribution in [0.2, 0.25) is 39.3 Å². The normalized spacial score (nSPS) is 12.6. The first-order chi connectivity index (χ1) is 9.81.